The number of aromatic nitrogens is 2. The topological polar surface area (TPSA) is 108 Å². The highest BCUT2D eigenvalue weighted by Crippen LogP contribution is 2.19. The normalized spacial score (nSPS) is 15.2. The highest BCUT2D eigenvalue weighted by atomic mass is 32.1. The number of nitrogens with zero attached hydrogens (tertiary/aromatic N) is 4. The van der Waals surface area contributed by atoms with Crippen molar-refractivity contribution in [1.82, 2.24) is 19.4 Å². The number of hydrogen-bond donors (Lipinski definition) is 2. The average Bonchev–Trinajstić information content (AvgIpc) is 3.32. The van der Waals surface area contributed by atoms with Crippen molar-refractivity contribution in [2.24, 2.45) is 5.92 Å². The lowest BCUT2D eigenvalue weighted by Gasteiger charge is -2.35. The quantitative estimate of drug-likeness (QED) is 0.498. The molecule has 9 nitrogen and oxygen atoms in total. The fourth-order valence-corrected chi connectivity index (χ4v) is 4.93. The van der Waals surface area contributed by atoms with Gasteiger partial charge in [-0.15, -0.1) is 11.3 Å². The van der Waals surface area contributed by atoms with E-state index in [9.17, 15) is 14.4 Å². The molecule has 34 heavy (non-hydrogen) atoms. The molecule has 0 aliphatic carbocycles. The zero-order chi connectivity index (χ0) is 24.7. The Morgan fingerprint density at radius 3 is 2.53 bits per heavy atom. The highest BCUT2D eigenvalue weighted by molar-refractivity contribution is 7.09. The van der Waals surface area contributed by atoms with Crippen LogP contribution in [0.15, 0.2) is 27.1 Å². The van der Waals surface area contributed by atoms with E-state index in [1.165, 1.54) is 14.3 Å². The Balaban J connectivity index is 1.68. The van der Waals surface area contributed by atoms with Crippen LogP contribution in [-0.2, 0) is 17.8 Å². The van der Waals surface area contributed by atoms with Crippen LogP contribution < -0.4 is 21.9 Å². The second-order valence-corrected chi connectivity index (χ2v) is 10.4. The molecule has 1 amide bonds. The van der Waals surface area contributed by atoms with Crippen LogP contribution in [-0.4, -0.2) is 71.1 Å². The van der Waals surface area contributed by atoms with Gasteiger partial charge in [0, 0.05) is 50.7 Å². The van der Waals surface area contributed by atoms with Crippen LogP contribution in [0, 0.1) is 5.92 Å². The van der Waals surface area contributed by atoms with Crippen LogP contribution >= 0.6 is 11.3 Å². The number of piperazine rings is 1. The van der Waals surface area contributed by atoms with Crippen molar-refractivity contribution in [3.63, 3.8) is 0 Å². The predicted molar refractivity (Wildman–Crippen MR) is 139 cm³/mol. The number of carbonyl (C=O) groups excluding carboxylic acids is 1. The molecule has 3 N–H and O–H groups in total. The standard InChI is InChI=1S/C24H38N6O3S/c1-4-5-9-29(21-22(25)30(16-18(2)3)24(33)26-23(21)32)20(31)17-28-13-11-27(12-14-28)10-8-19-7-6-15-34-19/h6-7,15,18H,4-5,8-14,16-17,25H2,1-3H3,(H,26,32,33). The number of amides is 1. The van der Waals surface area contributed by atoms with Gasteiger partial charge in [0.2, 0.25) is 5.91 Å². The highest BCUT2D eigenvalue weighted by Gasteiger charge is 2.27. The third-order valence-corrected chi connectivity index (χ3v) is 7.08. The van der Waals surface area contributed by atoms with Crippen LogP contribution in [0.2, 0.25) is 0 Å². The van der Waals surface area contributed by atoms with E-state index >= 15 is 0 Å². The molecule has 1 aliphatic rings. The molecule has 0 saturated carbocycles. The second kappa shape index (κ2) is 12.3. The number of unbranched alkanes of at least 4 members (excludes halogenated alkanes) is 1. The van der Waals surface area contributed by atoms with Crippen molar-refractivity contribution < 1.29 is 4.79 Å². The van der Waals surface area contributed by atoms with Crippen LogP contribution in [0.1, 0.15) is 38.5 Å². The Morgan fingerprint density at radius 1 is 1.21 bits per heavy atom. The summed E-state index contributed by atoms with van der Waals surface area (Å²) >= 11 is 1.79. The molecule has 188 valence electrons. The minimum absolute atomic E-state index is 0.0605. The van der Waals surface area contributed by atoms with Gasteiger partial charge >= 0.3 is 5.69 Å². The number of nitrogens with two attached hydrogens (primary N) is 1. The van der Waals surface area contributed by atoms with E-state index in [1.807, 2.05) is 20.8 Å². The van der Waals surface area contributed by atoms with Gasteiger partial charge in [0.05, 0.1) is 6.54 Å². The summed E-state index contributed by atoms with van der Waals surface area (Å²) in [5.74, 6) is 0.0624. The molecule has 0 aromatic carbocycles. The van der Waals surface area contributed by atoms with Gasteiger partial charge < -0.3 is 15.5 Å². The molecule has 1 aliphatic heterocycles. The van der Waals surface area contributed by atoms with Gasteiger partial charge in [0.25, 0.3) is 5.56 Å². The first-order valence-corrected chi connectivity index (χ1v) is 13.1. The Bertz CT molecular complexity index is 1040. The van der Waals surface area contributed by atoms with Crippen molar-refractivity contribution in [2.75, 3.05) is 56.4 Å². The summed E-state index contributed by atoms with van der Waals surface area (Å²) in [6, 6.07) is 4.25. The molecule has 0 spiro atoms. The van der Waals surface area contributed by atoms with Gasteiger partial charge in [-0.25, -0.2) is 4.79 Å². The van der Waals surface area contributed by atoms with Crippen LogP contribution in [0.3, 0.4) is 0 Å². The summed E-state index contributed by atoms with van der Waals surface area (Å²) in [7, 11) is 0. The van der Waals surface area contributed by atoms with Gasteiger partial charge in [0.15, 0.2) is 5.69 Å². The van der Waals surface area contributed by atoms with E-state index in [-0.39, 0.29) is 29.9 Å². The zero-order valence-corrected chi connectivity index (χ0v) is 21.4. The van der Waals surface area contributed by atoms with Crippen LogP contribution in [0.4, 0.5) is 11.5 Å². The Hall–Kier alpha value is -2.43. The summed E-state index contributed by atoms with van der Waals surface area (Å²) in [6.45, 7) is 11.4. The molecule has 0 bridgehead atoms. The maximum atomic E-state index is 13.4. The van der Waals surface area contributed by atoms with Crippen LogP contribution in [0.5, 0.6) is 0 Å². The number of nitrogens with one attached hydrogen (secondary N) is 1. The first-order chi connectivity index (χ1) is 16.3. The molecular formula is C24H38N6O3S. The number of thiophene rings is 1. The van der Waals surface area contributed by atoms with Crippen molar-refractivity contribution in [1.29, 1.82) is 0 Å². The molecule has 0 unspecified atom stereocenters. The largest absolute Gasteiger partial charge is 0.383 e. The smallest absolute Gasteiger partial charge is 0.330 e. The molecule has 2 aromatic rings. The van der Waals surface area contributed by atoms with Crippen molar-refractivity contribution in [3.8, 4) is 0 Å². The molecule has 3 rings (SSSR count). The SMILES string of the molecule is CCCCN(C(=O)CN1CCN(CCc2cccs2)CC1)c1c(N)n(CC(C)C)c(=O)[nH]c1=O. The molecular weight excluding hydrogens is 452 g/mol. The van der Waals surface area contributed by atoms with Crippen molar-refractivity contribution in [3.05, 3.63) is 43.2 Å². The monoisotopic (exact) mass is 490 g/mol. The van der Waals surface area contributed by atoms with E-state index in [4.69, 9.17) is 5.73 Å². The average molecular weight is 491 g/mol. The Kier molecular flexibility index (Phi) is 9.49. The minimum atomic E-state index is -0.606. The van der Waals surface area contributed by atoms with Crippen molar-refractivity contribution >= 4 is 28.7 Å². The van der Waals surface area contributed by atoms with Gasteiger partial charge in [-0.2, -0.15) is 0 Å². The fourth-order valence-electron chi connectivity index (χ4n) is 4.23. The maximum Gasteiger partial charge on any atom is 0.330 e. The molecule has 10 heteroatoms. The molecule has 3 heterocycles. The molecule has 2 aromatic heterocycles. The fraction of sp³-hybridized carbons (Fsp3) is 0.625. The lowest BCUT2D eigenvalue weighted by Crippen LogP contribution is -2.51. The number of H-pyrrole nitrogens is 1. The number of carbonyl (C=O) groups is 1. The van der Waals surface area contributed by atoms with E-state index in [0.29, 0.717) is 13.1 Å². The molecule has 1 fully saturated rings. The summed E-state index contributed by atoms with van der Waals surface area (Å²) < 4.78 is 1.36. The number of aromatic amines is 1. The third kappa shape index (κ3) is 6.80. The number of rotatable bonds is 11. The van der Waals surface area contributed by atoms with Crippen molar-refractivity contribution in [2.45, 2.75) is 46.6 Å². The summed E-state index contributed by atoms with van der Waals surface area (Å²) in [5.41, 5.74) is 5.24. The number of anilines is 2. The molecule has 1 saturated heterocycles. The van der Waals surface area contributed by atoms with E-state index in [2.05, 4.69) is 32.3 Å². The second-order valence-electron chi connectivity index (χ2n) is 9.34. The molecule has 0 atom stereocenters. The summed E-state index contributed by atoms with van der Waals surface area (Å²) in [6.07, 6.45) is 2.66. The van der Waals surface area contributed by atoms with E-state index in [1.54, 1.807) is 11.3 Å². The lowest BCUT2D eigenvalue weighted by molar-refractivity contribution is -0.120. The first kappa shape index (κ1) is 26.2. The van der Waals surface area contributed by atoms with Crippen LogP contribution in [0.25, 0.3) is 0 Å². The van der Waals surface area contributed by atoms with Gasteiger partial charge in [-0.1, -0.05) is 33.3 Å². The van der Waals surface area contributed by atoms with Gasteiger partial charge in [-0.05, 0) is 30.2 Å². The van der Waals surface area contributed by atoms with Gasteiger partial charge in [0.1, 0.15) is 5.82 Å². The lowest BCUT2D eigenvalue weighted by atomic mass is 10.2. The summed E-state index contributed by atoms with van der Waals surface area (Å²) in [4.78, 5) is 48.3. The number of hydrogen-bond acceptors (Lipinski definition) is 7. The Morgan fingerprint density at radius 2 is 1.91 bits per heavy atom. The maximum absolute atomic E-state index is 13.4. The minimum Gasteiger partial charge on any atom is -0.383 e. The van der Waals surface area contributed by atoms with E-state index < -0.39 is 11.2 Å². The van der Waals surface area contributed by atoms with Gasteiger partial charge in [-0.3, -0.25) is 24.0 Å². The number of nitrogen functional groups attached to an aromatic ring is 1. The molecule has 0 radical (unpaired) electrons. The Labute approximate surface area is 205 Å². The van der Waals surface area contributed by atoms with E-state index in [0.717, 1.165) is 52.0 Å². The summed E-state index contributed by atoms with van der Waals surface area (Å²) in [5, 5.41) is 2.11. The predicted octanol–water partition coefficient (Wildman–Crippen LogP) is 1.83. The first-order valence-electron chi connectivity index (χ1n) is 12.2. The third-order valence-electron chi connectivity index (χ3n) is 6.15. The zero-order valence-electron chi connectivity index (χ0n) is 20.6.